The van der Waals surface area contributed by atoms with Gasteiger partial charge in [-0.25, -0.2) is 4.39 Å². The fourth-order valence-corrected chi connectivity index (χ4v) is 3.25. The molecule has 1 fully saturated rings. The van der Waals surface area contributed by atoms with Crippen molar-refractivity contribution in [3.63, 3.8) is 0 Å². The van der Waals surface area contributed by atoms with Gasteiger partial charge < -0.3 is 15.1 Å². The summed E-state index contributed by atoms with van der Waals surface area (Å²) in [5.74, 6) is -0.824. The molecular formula is C21H25FN4O2. The number of carbonyl (C=O) groups is 2. The van der Waals surface area contributed by atoms with Gasteiger partial charge in [-0.05, 0) is 38.1 Å². The maximum Gasteiger partial charge on any atom is 0.237 e. The van der Waals surface area contributed by atoms with E-state index in [1.165, 1.54) is 6.07 Å². The molecule has 3 rings (SSSR count). The number of hydrogen-bond acceptors (Lipinski definition) is 4. The molecule has 0 aliphatic carbocycles. The van der Waals surface area contributed by atoms with Crippen molar-refractivity contribution in [2.75, 3.05) is 31.1 Å². The van der Waals surface area contributed by atoms with Crippen LogP contribution < -0.4 is 10.2 Å². The third-order valence-corrected chi connectivity index (χ3v) is 5.02. The summed E-state index contributed by atoms with van der Waals surface area (Å²) in [5.41, 5.74) is 0.0918. The first kappa shape index (κ1) is 19.8. The van der Waals surface area contributed by atoms with Crippen LogP contribution in [0.25, 0.3) is 0 Å². The molecule has 1 N–H and O–H groups in total. The first-order valence-corrected chi connectivity index (χ1v) is 9.36. The van der Waals surface area contributed by atoms with Gasteiger partial charge in [-0.1, -0.05) is 18.2 Å². The van der Waals surface area contributed by atoms with Gasteiger partial charge >= 0.3 is 0 Å². The van der Waals surface area contributed by atoms with Crippen LogP contribution in [-0.4, -0.2) is 47.9 Å². The molecule has 1 aliphatic heterocycles. The van der Waals surface area contributed by atoms with Crippen molar-refractivity contribution in [2.24, 2.45) is 5.41 Å². The number of anilines is 1. The minimum Gasteiger partial charge on any atom is -0.366 e. The van der Waals surface area contributed by atoms with E-state index in [9.17, 15) is 14.0 Å². The van der Waals surface area contributed by atoms with Gasteiger partial charge in [0, 0.05) is 32.4 Å². The maximum absolute atomic E-state index is 14.0. The number of halogens is 1. The topological polar surface area (TPSA) is 65.5 Å². The number of piperazine rings is 1. The molecule has 0 atom stereocenters. The van der Waals surface area contributed by atoms with Gasteiger partial charge in [0.05, 0.1) is 17.9 Å². The highest BCUT2D eigenvalue weighted by Crippen LogP contribution is 2.24. The molecule has 1 aliphatic rings. The normalized spacial score (nSPS) is 14.7. The molecule has 2 heterocycles. The summed E-state index contributed by atoms with van der Waals surface area (Å²) in [6.45, 7) is 5.49. The Morgan fingerprint density at radius 1 is 1.07 bits per heavy atom. The van der Waals surface area contributed by atoms with Crippen molar-refractivity contribution in [1.82, 2.24) is 15.2 Å². The zero-order chi connectivity index (χ0) is 20.1. The van der Waals surface area contributed by atoms with Crippen LogP contribution in [0.3, 0.4) is 0 Å². The number of nitrogens with one attached hydrogen (secondary N) is 1. The molecule has 6 nitrogen and oxygen atoms in total. The maximum atomic E-state index is 14.0. The molecule has 1 aromatic carbocycles. The van der Waals surface area contributed by atoms with Gasteiger partial charge in [0.25, 0.3) is 0 Å². The number of nitrogens with zero attached hydrogens (tertiary/aromatic N) is 3. The lowest BCUT2D eigenvalue weighted by Gasteiger charge is -2.39. The summed E-state index contributed by atoms with van der Waals surface area (Å²) in [4.78, 5) is 33.3. The summed E-state index contributed by atoms with van der Waals surface area (Å²) in [6, 6.07) is 12.1. The van der Waals surface area contributed by atoms with Gasteiger partial charge in [-0.2, -0.15) is 0 Å². The Balaban J connectivity index is 1.57. The van der Waals surface area contributed by atoms with Crippen LogP contribution in [0.5, 0.6) is 0 Å². The predicted octanol–water partition coefficient (Wildman–Crippen LogP) is 2.21. The van der Waals surface area contributed by atoms with E-state index in [1.807, 2.05) is 17.0 Å². The molecule has 28 heavy (non-hydrogen) atoms. The van der Waals surface area contributed by atoms with Crippen molar-refractivity contribution in [3.05, 3.63) is 60.2 Å². The molecule has 0 radical (unpaired) electrons. The van der Waals surface area contributed by atoms with Crippen molar-refractivity contribution in [3.8, 4) is 0 Å². The van der Waals surface area contributed by atoms with Gasteiger partial charge in [-0.3, -0.25) is 14.6 Å². The minimum atomic E-state index is -1.19. The SMILES string of the molecule is CC(C)(C(=O)NCc1ccccn1)C(=O)N1CCN(c2ccccc2F)CC1. The lowest BCUT2D eigenvalue weighted by atomic mass is 9.90. The Kier molecular flexibility index (Phi) is 5.92. The molecule has 0 saturated carbocycles. The lowest BCUT2D eigenvalue weighted by molar-refractivity contribution is -0.148. The summed E-state index contributed by atoms with van der Waals surface area (Å²) in [6.07, 6.45) is 1.66. The Morgan fingerprint density at radius 3 is 2.39 bits per heavy atom. The van der Waals surface area contributed by atoms with Crippen LogP contribution in [0.4, 0.5) is 10.1 Å². The minimum absolute atomic E-state index is 0.223. The highest BCUT2D eigenvalue weighted by atomic mass is 19.1. The first-order chi connectivity index (χ1) is 13.4. The van der Waals surface area contributed by atoms with E-state index in [4.69, 9.17) is 0 Å². The van der Waals surface area contributed by atoms with E-state index in [0.29, 0.717) is 31.9 Å². The number of hydrogen-bond donors (Lipinski definition) is 1. The highest BCUT2D eigenvalue weighted by molar-refractivity contribution is 6.04. The van der Waals surface area contributed by atoms with Gasteiger partial charge in [-0.15, -0.1) is 0 Å². The van der Waals surface area contributed by atoms with Crippen LogP contribution in [0.2, 0.25) is 0 Å². The lowest BCUT2D eigenvalue weighted by Crippen LogP contribution is -2.55. The Bertz CT molecular complexity index is 833. The quantitative estimate of drug-likeness (QED) is 0.803. The van der Waals surface area contributed by atoms with E-state index >= 15 is 0 Å². The number of pyridine rings is 1. The van der Waals surface area contributed by atoms with E-state index in [-0.39, 0.29) is 24.2 Å². The van der Waals surface area contributed by atoms with Crippen molar-refractivity contribution < 1.29 is 14.0 Å². The molecule has 0 spiro atoms. The van der Waals surface area contributed by atoms with Gasteiger partial charge in [0.2, 0.25) is 11.8 Å². The largest absolute Gasteiger partial charge is 0.366 e. The second-order valence-corrected chi connectivity index (χ2v) is 7.36. The fourth-order valence-electron chi connectivity index (χ4n) is 3.25. The van der Waals surface area contributed by atoms with Crippen molar-refractivity contribution in [1.29, 1.82) is 0 Å². The summed E-state index contributed by atoms with van der Waals surface area (Å²) in [7, 11) is 0. The van der Waals surface area contributed by atoms with Gasteiger partial charge in [0.15, 0.2) is 0 Å². The second-order valence-electron chi connectivity index (χ2n) is 7.36. The monoisotopic (exact) mass is 384 g/mol. The number of aromatic nitrogens is 1. The smallest absolute Gasteiger partial charge is 0.237 e. The highest BCUT2D eigenvalue weighted by Gasteiger charge is 2.40. The second kappa shape index (κ2) is 8.37. The van der Waals surface area contributed by atoms with Crippen LogP contribution in [0.15, 0.2) is 48.7 Å². The van der Waals surface area contributed by atoms with Crippen LogP contribution >= 0.6 is 0 Å². The van der Waals surface area contributed by atoms with E-state index in [1.54, 1.807) is 49.2 Å². The summed E-state index contributed by atoms with van der Waals surface area (Å²) in [5, 5.41) is 2.79. The number of carbonyl (C=O) groups excluding carboxylic acids is 2. The summed E-state index contributed by atoms with van der Waals surface area (Å²) < 4.78 is 14.0. The molecule has 2 amide bonds. The third-order valence-electron chi connectivity index (χ3n) is 5.02. The van der Waals surface area contributed by atoms with E-state index < -0.39 is 5.41 Å². The predicted molar refractivity (Wildman–Crippen MR) is 105 cm³/mol. The van der Waals surface area contributed by atoms with Crippen LogP contribution in [0.1, 0.15) is 19.5 Å². The van der Waals surface area contributed by atoms with Crippen molar-refractivity contribution in [2.45, 2.75) is 20.4 Å². The Morgan fingerprint density at radius 2 is 1.75 bits per heavy atom. The number of para-hydroxylation sites is 1. The molecule has 7 heteroatoms. The summed E-state index contributed by atoms with van der Waals surface area (Å²) >= 11 is 0. The Hall–Kier alpha value is -2.96. The molecule has 0 bridgehead atoms. The number of rotatable bonds is 5. The van der Waals surface area contributed by atoms with Crippen LogP contribution in [-0.2, 0) is 16.1 Å². The Labute approximate surface area is 164 Å². The third kappa shape index (κ3) is 4.30. The first-order valence-electron chi connectivity index (χ1n) is 9.36. The fraction of sp³-hybridized carbons (Fsp3) is 0.381. The average molecular weight is 384 g/mol. The van der Waals surface area contributed by atoms with E-state index in [2.05, 4.69) is 10.3 Å². The molecule has 2 aromatic rings. The van der Waals surface area contributed by atoms with Gasteiger partial charge in [0.1, 0.15) is 11.2 Å². The molecule has 148 valence electrons. The number of amides is 2. The van der Waals surface area contributed by atoms with Crippen molar-refractivity contribution >= 4 is 17.5 Å². The standard InChI is InChI=1S/C21H25FN4O2/c1-21(2,19(27)24-15-16-7-5-6-10-23-16)20(28)26-13-11-25(12-14-26)18-9-4-3-8-17(18)22/h3-10H,11-15H2,1-2H3,(H,24,27). The molecule has 0 unspecified atom stereocenters. The average Bonchev–Trinajstić information content (AvgIpc) is 2.72. The molecule has 1 aromatic heterocycles. The van der Waals surface area contributed by atoms with E-state index in [0.717, 1.165) is 5.69 Å². The molecular weight excluding hydrogens is 359 g/mol. The zero-order valence-corrected chi connectivity index (χ0v) is 16.2. The van der Waals surface area contributed by atoms with Crippen LogP contribution in [0, 0.1) is 11.2 Å². The number of benzene rings is 1. The zero-order valence-electron chi connectivity index (χ0n) is 16.2. The molecule has 1 saturated heterocycles.